The lowest BCUT2D eigenvalue weighted by atomic mass is 9.98. The number of hydrogen-bond donors (Lipinski definition) is 2. The lowest BCUT2D eigenvalue weighted by Gasteiger charge is -2.34. The number of carbonyl (C=O) groups is 1. The van der Waals surface area contributed by atoms with Gasteiger partial charge in [0, 0.05) is 18.0 Å². The van der Waals surface area contributed by atoms with Crippen LogP contribution >= 0.6 is 0 Å². The average molecular weight is 300 g/mol. The van der Waals surface area contributed by atoms with Gasteiger partial charge in [0.25, 0.3) is 5.91 Å². The zero-order valence-corrected chi connectivity index (χ0v) is 13.3. The second-order valence-electron chi connectivity index (χ2n) is 6.40. The van der Waals surface area contributed by atoms with E-state index in [0.717, 1.165) is 29.9 Å². The molecular weight excluding hydrogens is 276 g/mol. The third-order valence-corrected chi connectivity index (χ3v) is 4.69. The van der Waals surface area contributed by atoms with Crippen LogP contribution in [0.2, 0.25) is 0 Å². The molecule has 1 aliphatic heterocycles. The molecule has 2 aromatic rings. The van der Waals surface area contributed by atoms with Gasteiger partial charge in [-0.15, -0.1) is 0 Å². The number of fused-ring (bicyclic) bond motifs is 1. The molecule has 1 aromatic heterocycles. The van der Waals surface area contributed by atoms with E-state index in [1.807, 2.05) is 24.3 Å². The van der Waals surface area contributed by atoms with Crippen molar-refractivity contribution in [1.29, 1.82) is 0 Å². The standard InChI is InChI=1S/C17H24N4O/c1-12-7-9-21(10-8-12)13(2)11-18-17(22)16-14-5-3-4-6-15(14)19-20-16/h3-6,12-13H,7-11H2,1-2H3,(H,18,22)(H,19,20). The highest BCUT2D eigenvalue weighted by Gasteiger charge is 2.21. The molecule has 2 N–H and O–H groups in total. The Kier molecular flexibility index (Phi) is 4.43. The second kappa shape index (κ2) is 6.48. The number of benzene rings is 1. The van der Waals surface area contributed by atoms with Crippen LogP contribution in [0.25, 0.3) is 10.9 Å². The van der Waals surface area contributed by atoms with Crippen LogP contribution in [0.15, 0.2) is 24.3 Å². The highest BCUT2D eigenvalue weighted by Crippen LogP contribution is 2.18. The zero-order chi connectivity index (χ0) is 15.5. The number of rotatable bonds is 4. The van der Waals surface area contributed by atoms with E-state index in [2.05, 4.69) is 34.3 Å². The van der Waals surface area contributed by atoms with Gasteiger partial charge in [-0.3, -0.25) is 14.8 Å². The molecule has 1 unspecified atom stereocenters. The summed E-state index contributed by atoms with van der Waals surface area (Å²) in [4.78, 5) is 14.8. The van der Waals surface area contributed by atoms with Crippen LogP contribution in [0.4, 0.5) is 0 Å². The van der Waals surface area contributed by atoms with Gasteiger partial charge < -0.3 is 5.32 Å². The van der Waals surface area contributed by atoms with Gasteiger partial charge in [-0.25, -0.2) is 0 Å². The van der Waals surface area contributed by atoms with Gasteiger partial charge in [-0.05, 0) is 44.8 Å². The maximum atomic E-state index is 12.3. The molecule has 0 radical (unpaired) electrons. The molecule has 1 amide bonds. The van der Waals surface area contributed by atoms with Crippen LogP contribution in [0.1, 0.15) is 37.2 Å². The molecule has 5 nitrogen and oxygen atoms in total. The fourth-order valence-corrected chi connectivity index (χ4v) is 3.06. The molecule has 1 aromatic carbocycles. The van der Waals surface area contributed by atoms with Crippen molar-refractivity contribution in [2.75, 3.05) is 19.6 Å². The van der Waals surface area contributed by atoms with E-state index in [4.69, 9.17) is 0 Å². The van der Waals surface area contributed by atoms with Crippen molar-refractivity contribution in [2.24, 2.45) is 5.92 Å². The first kappa shape index (κ1) is 15.0. The fraction of sp³-hybridized carbons (Fsp3) is 0.529. The Labute approximate surface area is 131 Å². The molecule has 118 valence electrons. The number of piperidine rings is 1. The number of nitrogens with zero attached hydrogens (tertiary/aromatic N) is 2. The summed E-state index contributed by atoms with van der Waals surface area (Å²) in [6.07, 6.45) is 2.50. The number of para-hydroxylation sites is 1. The highest BCUT2D eigenvalue weighted by molar-refractivity contribution is 6.04. The van der Waals surface area contributed by atoms with Crippen LogP contribution in [-0.4, -0.2) is 46.7 Å². The van der Waals surface area contributed by atoms with Gasteiger partial charge in [0.2, 0.25) is 0 Å². The van der Waals surface area contributed by atoms with Gasteiger partial charge in [0.15, 0.2) is 5.69 Å². The molecule has 5 heteroatoms. The van der Waals surface area contributed by atoms with E-state index < -0.39 is 0 Å². The monoisotopic (exact) mass is 300 g/mol. The molecule has 22 heavy (non-hydrogen) atoms. The van der Waals surface area contributed by atoms with E-state index in [1.54, 1.807) is 0 Å². The van der Waals surface area contributed by atoms with Crippen molar-refractivity contribution < 1.29 is 4.79 Å². The molecule has 0 saturated carbocycles. The van der Waals surface area contributed by atoms with Gasteiger partial charge >= 0.3 is 0 Å². The van der Waals surface area contributed by atoms with Crippen LogP contribution in [0, 0.1) is 5.92 Å². The molecule has 3 rings (SSSR count). The third kappa shape index (κ3) is 3.14. The fourth-order valence-electron chi connectivity index (χ4n) is 3.06. The Hall–Kier alpha value is -1.88. The van der Waals surface area contributed by atoms with E-state index in [-0.39, 0.29) is 5.91 Å². The van der Waals surface area contributed by atoms with Crippen molar-refractivity contribution in [2.45, 2.75) is 32.7 Å². The van der Waals surface area contributed by atoms with E-state index in [0.29, 0.717) is 18.3 Å². The molecule has 1 fully saturated rings. The smallest absolute Gasteiger partial charge is 0.272 e. The Morgan fingerprint density at radius 1 is 1.41 bits per heavy atom. The minimum atomic E-state index is -0.102. The maximum Gasteiger partial charge on any atom is 0.272 e. The summed E-state index contributed by atoms with van der Waals surface area (Å²) in [6.45, 7) is 7.41. The number of nitrogens with one attached hydrogen (secondary N) is 2. The summed E-state index contributed by atoms with van der Waals surface area (Å²) >= 11 is 0. The Morgan fingerprint density at radius 2 is 2.14 bits per heavy atom. The second-order valence-corrected chi connectivity index (χ2v) is 6.40. The molecular formula is C17H24N4O. The first-order chi connectivity index (χ1) is 10.6. The largest absolute Gasteiger partial charge is 0.349 e. The summed E-state index contributed by atoms with van der Waals surface area (Å²) in [5, 5.41) is 10.9. The summed E-state index contributed by atoms with van der Waals surface area (Å²) in [5.41, 5.74) is 1.38. The molecule has 0 aliphatic carbocycles. The number of carbonyl (C=O) groups excluding carboxylic acids is 1. The van der Waals surface area contributed by atoms with Crippen LogP contribution in [0.3, 0.4) is 0 Å². The molecule has 1 atom stereocenters. The zero-order valence-electron chi connectivity index (χ0n) is 13.3. The van der Waals surface area contributed by atoms with Crippen molar-refractivity contribution in [3.63, 3.8) is 0 Å². The lowest BCUT2D eigenvalue weighted by molar-refractivity contribution is 0.0918. The minimum absolute atomic E-state index is 0.102. The normalized spacial score (nSPS) is 18.5. The first-order valence-electron chi connectivity index (χ1n) is 8.10. The predicted molar refractivity (Wildman–Crippen MR) is 87.9 cm³/mol. The van der Waals surface area contributed by atoms with Gasteiger partial charge in [-0.1, -0.05) is 25.1 Å². The van der Waals surface area contributed by atoms with Crippen LogP contribution in [0.5, 0.6) is 0 Å². The average Bonchev–Trinajstić information content (AvgIpc) is 2.97. The van der Waals surface area contributed by atoms with E-state index >= 15 is 0 Å². The summed E-state index contributed by atoms with van der Waals surface area (Å²) in [6, 6.07) is 8.06. The quantitative estimate of drug-likeness (QED) is 0.911. The topological polar surface area (TPSA) is 61.0 Å². The highest BCUT2D eigenvalue weighted by atomic mass is 16.1. The summed E-state index contributed by atoms with van der Waals surface area (Å²) in [7, 11) is 0. The Balaban J connectivity index is 1.58. The molecule has 0 spiro atoms. The van der Waals surface area contributed by atoms with Crippen molar-refractivity contribution >= 4 is 16.8 Å². The predicted octanol–water partition coefficient (Wildman–Crippen LogP) is 2.41. The molecule has 1 saturated heterocycles. The van der Waals surface area contributed by atoms with Crippen molar-refractivity contribution in [3.8, 4) is 0 Å². The number of H-pyrrole nitrogens is 1. The summed E-state index contributed by atoms with van der Waals surface area (Å²) in [5.74, 6) is 0.725. The Morgan fingerprint density at radius 3 is 2.91 bits per heavy atom. The third-order valence-electron chi connectivity index (χ3n) is 4.69. The number of hydrogen-bond acceptors (Lipinski definition) is 3. The minimum Gasteiger partial charge on any atom is -0.349 e. The lowest BCUT2D eigenvalue weighted by Crippen LogP contribution is -2.45. The first-order valence-corrected chi connectivity index (χ1v) is 8.10. The van der Waals surface area contributed by atoms with Crippen LogP contribution < -0.4 is 5.32 Å². The molecule has 1 aliphatic rings. The molecule has 2 heterocycles. The van der Waals surface area contributed by atoms with Crippen molar-refractivity contribution in [3.05, 3.63) is 30.0 Å². The van der Waals surface area contributed by atoms with Gasteiger partial charge in [0.05, 0.1) is 5.52 Å². The molecule has 0 bridgehead atoms. The van der Waals surface area contributed by atoms with Crippen molar-refractivity contribution in [1.82, 2.24) is 20.4 Å². The maximum absolute atomic E-state index is 12.3. The number of aromatic nitrogens is 2. The summed E-state index contributed by atoms with van der Waals surface area (Å²) < 4.78 is 0. The number of aromatic amines is 1. The Bertz CT molecular complexity index is 643. The van der Waals surface area contributed by atoms with E-state index in [9.17, 15) is 4.79 Å². The van der Waals surface area contributed by atoms with Gasteiger partial charge in [-0.2, -0.15) is 5.10 Å². The van der Waals surface area contributed by atoms with Crippen LogP contribution in [-0.2, 0) is 0 Å². The number of amides is 1. The van der Waals surface area contributed by atoms with Gasteiger partial charge in [0.1, 0.15) is 0 Å². The number of likely N-dealkylation sites (tertiary alicyclic amines) is 1. The van der Waals surface area contributed by atoms with E-state index in [1.165, 1.54) is 12.8 Å². The SMILES string of the molecule is CC1CCN(C(C)CNC(=O)c2n[nH]c3ccccc23)CC1.